The van der Waals surface area contributed by atoms with Crippen LogP contribution in [0.5, 0.6) is 5.75 Å². The first-order valence-corrected chi connectivity index (χ1v) is 10.5. The maximum Gasteiger partial charge on any atom is 0.262 e. The zero-order valence-electron chi connectivity index (χ0n) is 17.2. The summed E-state index contributed by atoms with van der Waals surface area (Å²) in [6.07, 6.45) is 1.04. The normalized spacial score (nSPS) is 13.5. The highest BCUT2D eigenvalue weighted by Crippen LogP contribution is 2.26. The molecule has 1 amide bonds. The van der Waals surface area contributed by atoms with Gasteiger partial charge in [-0.15, -0.1) is 0 Å². The van der Waals surface area contributed by atoms with Gasteiger partial charge < -0.3 is 19.5 Å². The summed E-state index contributed by atoms with van der Waals surface area (Å²) in [6, 6.07) is 25.6. The minimum Gasteiger partial charge on any atom is -0.484 e. The Labute approximate surface area is 181 Å². The number of hydrogen-bond acceptors (Lipinski definition) is 4. The summed E-state index contributed by atoms with van der Waals surface area (Å²) in [7, 11) is 0. The molecule has 1 aliphatic rings. The molecule has 1 N–H and O–H groups in total. The summed E-state index contributed by atoms with van der Waals surface area (Å²) in [6.45, 7) is 2.61. The van der Waals surface area contributed by atoms with Gasteiger partial charge in [0.05, 0.1) is 17.6 Å². The molecule has 4 aromatic rings. The van der Waals surface area contributed by atoms with Crippen LogP contribution in [-0.4, -0.2) is 28.6 Å². The molecule has 0 bridgehead atoms. The van der Waals surface area contributed by atoms with Gasteiger partial charge in [-0.2, -0.15) is 0 Å². The van der Waals surface area contributed by atoms with Crippen LogP contribution in [0.25, 0.3) is 11.0 Å². The Morgan fingerprint density at radius 1 is 0.968 bits per heavy atom. The Morgan fingerprint density at radius 2 is 1.81 bits per heavy atom. The quantitative estimate of drug-likeness (QED) is 0.526. The van der Waals surface area contributed by atoms with E-state index in [1.54, 1.807) is 0 Å². The molecule has 0 saturated heterocycles. The Kier molecular flexibility index (Phi) is 5.27. The van der Waals surface area contributed by atoms with Crippen molar-refractivity contribution in [2.45, 2.75) is 19.5 Å². The first-order chi connectivity index (χ1) is 15.3. The molecular weight excluding hydrogens is 388 g/mol. The smallest absolute Gasteiger partial charge is 0.262 e. The SMILES string of the molecule is O=C(COc1ccccc1)Nc1cccc(N2CCCn3c(nc4ccccc43)C2)c1. The molecule has 0 unspecified atom stereocenters. The van der Waals surface area contributed by atoms with Crippen LogP contribution < -0.4 is 15.0 Å². The van der Waals surface area contributed by atoms with Gasteiger partial charge in [0.2, 0.25) is 0 Å². The summed E-state index contributed by atoms with van der Waals surface area (Å²) >= 11 is 0. The van der Waals surface area contributed by atoms with E-state index >= 15 is 0 Å². The minimum atomic E-state index is -0.182. The predicted molar refractivity (Wildman–Crippen MR) is 122 cm³/mol. The summed E-state index contributed by atoms with van der Waals surface area (Å²) in [4.78, 5) is 19.5. The number of benzene rings is 3. The first-order valence-electron chi connectivity index (χ1n) is 10.5. The molecule has 0 radical (unpaired) electrons. The molecular formula is C25H24N4O2. The van der Waals surface area contributed by atoms with Crippen molar-refractivity contribution in [1.29, 1.82) is 0 Å². The Morgan fingerprint density at radius 3 is 2.71 bits per heavy atom. The Bertz CT molecular complexity index is 1200. The molecule has 0 atom stereocenters. The molecule has 6 heteroatoms. The van der Waals surface area contributed by atoms with Crippen LogP contribution in [0.1, 0.15) is 12.2 Å². The average molecular weight is 412 g/mol. The third-order valence-corrected chi connectivity index (χ3v) is 5.48. The molecule has 31 heavy (non-hydrogen) atoms. The van der Waals surface area contributed by atoms with Crippen LogP contribution >= 0.6 is 0 Å². The number of fused-ring (bicyclic) bond motifs is 3. The van der Waals surface area contributed by atoms with E-state index in [0.717, 1.165) is 48.8 Å². The third-order valence-electron chi connectivity index (χ3n) is 5.48. The molecule has 2 heterocycles. The van der Waals surface area contributed by atoms with Crippen molar-refractivity contribution in [2.75, 3.05) is 23.4 Å². The van der Waals surface area contributed by atoms with Crippen LogP contribution in [-0.2, 0) is 17.9 Å². The second-order valence-corrected chi connectivity index (χ2v) is 7.64. The number of nitrogens with zero attached hydrogens (tertiary/aromatic N) is 3. The highest BCUT2D eigenvalue weighted by Gasteiger charge is 2.19. The van der Waals surface area contributed by atoms with Crippen molar-refractivity contribution in [3.05, 3.63) is 84.7 Å². The van der Waals surface area contributed by atoms with Gasteiger partial charge in [-0.25, -0.2) is 4.98 Å². The summed E-state index contributed by atoms with van der Waals surface area (Å²) < 4.78 is 7.86. The lowest BCUT2D eigenvalue weighted by atomic mass is 10.2. The van der Waals surface area contributed by atoms with Gasteiger partial charge in [-0.3, -0.25) is 4.79 Å². The number of aromatic nitrogens is 2. The summed E-state index contributed by atoms with van der Waals surface area (Å²) in [5, 5.41) is 2.94. The second-order valence-electron chi connectivity index (χ2n) is 7.64. The van der Waals surface area contributed by atoms with E-state index in [2.05, 4.69) is 39.0 Å². The fourth-order valence-electron chi connectivity index (χ4n) is 4.03. The van der Waals surface area contributed by atoms with Gasteiger partial charge in [0.25, 0.3) is 5.91 Å². The van der Waals surface area contributed by atoms with Gasteiger partial charge in [0.1, 0.15) is 11.6 Å². The summed E-state index contributed by atoms with van der Waals surface area (Å²) in [5.41, 5.74) is 4.07. The number of rotatable bonds is 5. The number of amides is 1. The number of carbonyl (C=O) groups is 1. The van der Waals surface area contributed by atoms with Crippen LogP contribution in [0, 0.1) is 0 Å². The maximum atomic E-state index is 12.3. The lowest BCUT2D eigenvalue weighted by Crippen LogP contribution is -2.23. The van der Waals surface area contributed by atoms with E-state index in [1.165, 1.54) is 5.52 Å². The number of para-hydroxylation sites is 3. The molecule has 3 aromatic carbocycles. The van der Waals surface area contributed by atoms with Gasteiger partial charge in [0.15, 0.2) is 6.61 Å². The molecule has 6 nitrogen and oxygen atoms in total. The Balaban J connectivity index is 1.28. The molecule has 156 valence electrons. The number of nitrogens with one attached hydrogen (secondary N) is 1. The van der Waals surface area contributed by atoms with Gasteiger partial charge in [-0.05, 0) is 48.9 Å². The van der Waals surface area contributed by atoms with Crippen LogP contribution in [0.3, 0.4) is 0 Å². The largest absolute Gasteiger partial charge is 0.484 e. The zero-order valence-corrected chi connectivity index (χ0v) is 17.2. The first kappa shape index (κ1) is 19.2. The van der Waals surface area contributed by atoms with Gasteiger partial charge in [-0.1, -0.05) is 36.4 Å². The van der Waals surface area contributed by atoms with Crippen molar-refractivity contribution in [3.63, 3.8) is 0 Å². The third kappa shape index (κ3) is 4.23. The van der Waals surface area contributed by atoms with Gasteiger partial charge in [0, 0.05) is 24.5 Å². The number of anilines is 2. The number of ether oxygens (including phenoxy) is 1. The van der Waals surface area contributed by atoms with Gasteiger partial charge >= 0.3 is 0 Å². The molecule has 1 aromatic heterocycles. The molecule has 0 spiro atoms. The van der Waals surface area contributed by atoms with E-state index in [4.69, 9.17) is 9.72 Å². The topological polar surface area (TPSA) is 59.4 Å². The van der Waals surface area contributed by atoms with Crippen molar-refractivity contribution in [3.8, 4) is 5.75 Å². The van der Waals surface area contributed by atoms with E-state index in [1.807, 2.05) is 54.6 Å². The zero-order chi connectivity index (χ0) is 21.0. The van der Waals surface area contributed by atoms with E-state index in [0.29, 0.717) is 5.75 Å². The minimum absolute atomic E-state index is 0.0258. The lowest BCUT2D eigenvalue weighted by Gasteiger charge is -2.22. The van der Waals surface area contributed by atoms with E-state index in [-0.39, 0.29) is 12.5 Å². The lowest BCUT2D eigenvalue weighted by molar-refractivity contribution is -0.118. The number of aryl methyl sites for hydroxylation is 1. The maximum absolute atomic E-state index is 12.3. The monoisotopic (exact) mass is 412 g/mol. The summed E-state index contributed by atoms with van der Waals surface area (Å²) in [5.74, 6) is 1.57. The van der Waals surface area contributed by atoms with E-state index < -0.39 is 0 Å². The average Bonchev–Trinajstić information content (AvgIpc) is 3.01. The van der Waals surface area contributed by atoms with Crippen molar-refractivity contribution in [2.24, 2.45) is 0 Å². The van der Waals surface area contributed by atoms with Crippen molar-refractivity contribution >= 4 is 28.3 Å². The molecule has 1 aliphatic heterocycles. The fraction of sp³-hybridized carbons (Fsp3) is 0.200. The van der Waals surface area contributed by atoms with E-state index in [9.17, 15) is 4.79 Å². The molecule has 0 saturated carbocycles. The Hall–Kier alpha value is -3.80. The molecule has 0 fully saturated rings. The highest BCUT2D eigenvalue weighted by atomic mass is 16.5. The van der Waals surface area contributed by atoms with Crippen molar-refractivity contribution in [1.82, 2.24) is 9.55 Å². The highest BCUT2D eigenvalue weighted by molar-refractivity contribution is 5.92. The second kappa shape index (κ2) is 8.52. The predicted octanol–water partition coefficient (Wildman–Crippen LogP) is 4.46. The van der Waals surface area contributed by atoms with Crippen LogP contribution in [0.15, 0.2) is 78.9 Å². The number of hydrogen-bond donors (Lipinski definition) is 1. The fourth-order valence-corrected chi connectivity index (χ4v) is 4.03. The molecule has 0 aliphatic carbocycles. The van der Waals surface area contributed by atoms with Crippen LogP contribution in [0.4, 0.5) is 11.4 Å². The standard InChI is InChI=1S/C25H24N4O2/c30-25(18-31-21-10-2-1-3-11-21)26-19-8-6-9-20(16-19)28-14-7-15-29-23-13-5-4-12-22(23)27-24(29)17-28/h1-6,8-13,16H,7,14-15,17-18H2,(H,26,30). The van der Waals surface area contributed by atoms with Crippen molar-refractivity contribution < 1.29 is 9.53 Å². The number of carbonyl (C=O) groups excluding carboxylic acids is 1. The van der Waals surface area contributed by atoms with Crippen LogP contribution in [0.2, 0.25) is 0 Å². The number of imidazole rings is 1. The molecule has 5 rings (SSSR count).